The van der Waals surface area contributed by atoms with Gasteiger partial charge in [0.15, 0.2) is 0 Å². The van der Waals surface area contributed by atoms with Crippen LogP contribution in [0.2, 0.25) is 0 Å². The molecule has 0 atom stereocenters. The first kappa shape index (κ1) is 33.0. The number of fused-ring (bicyclic) bond motifs is 3. The number of benzene rings is 4. The average Bonchev–Trinajstić information content (AvgIpc) is 3.67. The molecule has 0 aliphatic heterocycles. The standard InChI is InChI=1S/C40H38N6O.Pt/c1-40(2,3)28-20-21-41-38(22-28)46-34-15-9-8-14-32(34)33-19-18-31(24-37(33)46)47-30-13-10-12-29(23-30)45-26-27(25-42-45)39-35(43(4)5)16-11-17-36(39)44(6)7;/h8-22,25-26H,1-7H3;/q-2;+2. The van der Waals surface area contributed by atoms with Gasteiger partial charge in [-0.1, -0.05) is 50.6 Å². The van der Waals surface area contributed by atoms with Gasteiger partial charge in [0.2, 0.25) is 0 Å². The predicted molar refractivity (Wildman–Crippen MR) is 193 cm³/mol. The van der Waals surface area contributed by atoms with Crippen molar-refractivity contribution in [1.82, 2.24) is 19.3 Å². The van der Waals surface area contributed by atoms with Crippen molar-refractivity contribution in [3.63, 3.8) is 0 Å². The second-order valence-electron chi connectivity index (χ2n) is 13.2. The summed E-state index contributed by atoms with van der Waals surface area (Å²) in [5.41, 5.74) is 8.38. The summed E-state index contributed by atoms with van der Waals surface area (Å²) >= 11 is 0. The molecule has 244 valence electrons. The number of aromatic nitrogens is 4. The molecule has 0 saturated carbocycles. The van der Waals surface area contributed by atoms with E-state index in [9.17, 15) is 0 Å². The van der Waals surface area contributed by atoms with Gasteiger partial charge in [-0.15, -0.1) is 35.7 Å². The maximum atomic E-state index is 6.41. The zero-order valence-electron chi connectivity index (χ0n) is 28.2. The molecule has 0 N–H and O–H groups in total. The fraction of sp³-hybridized carbons (Fsp3) is 0.200. The quantitative estimate of drug-likeness (QED) is 0.151. The van der Waals surface area contributed by atoms with Crippen molar-refractivity contribution < 1.29 is 25.8 Å². The maximum Gasteiger partial charge on any atom is 2.00 e. The third-order valence-electron chi connectivity index (χ3n) is 8.47. The van der Waals surface area contributed by atoms with Crippen LogP contribution in [0.5, 0.6) is 11.5 Å². The summed E-state index contributed by atoms with van der Waals surface area (Å²) in [6, 6.07) is 35.9. The van der Waals surface area contributed by atoms with Gasteiger partial charge in [-0.2, -0.15) is 17.2 Å². The molecule has 0 fully saturated rings. The first-order chi connectivity index (χ1) is 22.6. The Labute approximate surface area is 296 Å². The van der Waals surface area contributed by atoms with Crippen LogP contribution in [0.1, 0.15) is 26.3 Å². The van der Waals surface area contributed by atoms with Crippen LogP contribution in [-0.4, -0.2) is 47.5 Å². The molecule has 0 bridgehead atoms. The van der Waals surface area contributed by atoms with E-state index in [-0.39, 0.29) is 26.5 Å². The average molecular weight is 814 g/mol. The Kier molecular flexibility index (Phi) is 8.93. The molecule has 0 aliphatic rings. The molecule has 7 nitrogen and oxygen atoms in total. The van der Waals surface area contributed by atoms with Crippen molar-refractivity contribution in [2.45, 2.75) is 26.2 Å². The molecule has 0 aliphatic carbocycles. The largest absolute Gasteiger partial charge is 2.00 e. The van der Waals surface area contributed by atoms with Gasteiger partial charge < -0.3 is 19.1 Å². The summed E-state index contributed by atoms with van der Waals surface area (Å²) in [6.07, 6.45) is 5.83. The number of hydrogen-bond acceptors (Lipinski definition) is 5. The third-order valence-corrected chi connectivity index (χ3v) is 8.47. The van der Waals surface area contributed by atoms with Crippen molar-refractivity contribution in [2.24, 2.45) is 0 Å². The summed E-state index contributed by atoms with van der Waals surface area (Å²) in [6.45, 7) is 6.65. The smallest absolute Gasteiger partial charge is 0.509 e. The predicted octanol–water partition coefficient (Wildman–Crippen LogP) is 8.85. The molecule has 48 heavy (non-hydrogen) atoms. The minimum Gasteiger partial charge on any atom is -0.509 e. The molecule has 4 aromatic carbocycles. The minimum atomic E-state index is -0.00496. The number of pyridine rings is 1. The maximum absolute atomic E-state index is 6.41. The van der Waals surface area contributed by atoms with E-state index in [1.165, 1.54) is 5.56 Å². The van der Waals surface area contributed by atoms with Gasteiger partial charge >= 0.3 is 21.1 Å². The van der Waals surface area contributed by atoms with E-state index >= 15 is 0 Å². The van der Waals surface area contributed by atoms with E-state index in [4.69, 9.17) is 14.8 Å². The molecule has 0 spiro atoms. The van der Waals surface area contributed by atoms with Crippen molar-refractivity contribution in [3.05, 3.63) is 121 Å². The van der Waals surface area contributed by atoms with E-state index in [0.717, 1.165) is 55.8 Å². The van der Waals surface area contributed by atoms with Gasteiger partial charge in [-0.05, 0) is 52.4 Å². The van der Waals surface area contributed by atoms with Crippen LogP contribution in [0.25, 0.3) is 44.4 Å². The van der Waals surface area contributed by atoms with Crippen molar-refractivity contribution in [2.75, 3.05) is 38.0 Å². The second kappa shape index (κ2) is 13.0. The zero-order valence-corrected chi connectivity index (χ0v) is 30.5. The van der Waals surface area contributed by atoms with Crippen LogP contribution in [0.4, 0.5) is 11.4 Å². The normalized spacial score (nSPS) is 11.5. The van der Waals surface area contributed by atoms with Crippen LogP contribution in [0, 0.1) is 12.1 Å². The second-order valence-corrected chi connectivity index (χ2v) is 13.2. The summed E-state index contributed by atoms with van der Waals surface area (Å²) < 4.78 is 10.4. The molecule has 0 saturated heterocycles. The van der Waals surface area contributed by atoms with Gasteiger partial charge in [0.1, 0.15) is 5.82 Å². The van der Waals surface area contributed by atoms with Crippen LogP contribution in [0.15, 0.2) is 104 Å². The Hall–Kier alpha value is -4.87. The SMILES string of the molecule is CN(C)c1cccc(N(C)C)c1-c1cnn(-c2[c-]c(Oc3[c-]c4c(cc3)c3ccccc3n4-c3cc(C(C)(C)C)ccn3)ccc2)c1.[Pt+2]. The summed E-state index contributed by atoms with van der Waals surface area (Å²) in [5, 5.41) is 6.95. The summed E-state index contributed by atoms with van der Waals surface area (Å²) in [7, 11) is 8.24. The molecular weight excluding hydrogens is 776 g/mol. The Morgan fingerprint density at radius 3 is 2.19 bits per heavy atom. The van der Waals surface area contributed by atoms with E-state index in [2.05, 4.69) is 136 Å². The summed E-state index contributed by atoms with van der Waals surface area (Å²) in [4.78, 5) is 9.05. The van der Waals surface area contributed by atoms with Crippen molar-refractivity contribution in [3.8, 4) is 34.1 Å². The molecule has 3 aromatic heterocycles. The van der Waals surface area contributed by atoms with Crippen molar-refractivity contribution in [1.29, 1.82) is 0 Å². The monoisotopic (exact) mass is 813 g/mol. The third kappa shape index (κ3) is 6.11. The summed E-state index contributed by atoms with van der Waals surface area (Å²) in [5.74, 6) is 2.03. The number of nitrogens with zero attached hydrogens (tertiary/aromatic N) is 6. The topological polar surface area (TPSA) is 51.4 Å². The molecule has 0 radical (unpaired) electrons. The van der Waals surface area contributed by atoms with Gasteiger partial charge in [0.25, 0.3) is 0 Å². The van der Waals surface area contributed by atoms with E-state index < -0.39 is 0 Å². The minimum absolute atomic E-state index is 0. The number of para-hydroxylation sites is 1. The van der Waals surface area contributed by atoms with Crippen LogP contribution in [0.3, 0.4) is 0 Å². The molecule has 7 rings (SSSR count). The first-order valence-corrected chi connectivity index (χ1v) is 15.7. The van der Waals surface area contributed by atoms with Gasteiger partial charge in [-0.25, -0.2) is 4.98 Å². The van der Waals surface area contributed by atoms with Crippen LogP contribution in [-0.2, 0) is 26.5 Å². The van der Waals surface area contributed by atoms with E-state index in [1.54, 1.807) is 0 Å². The Morgan fingerprint density at radius 2 is 1.46 bits per heavy atom. The molecule has 0 unspecified atom stereocenters. The molecule has 7 aromatic rings. The molecule has 8 heteroatoms. The number of ether oxygens (including phenoxy) is 1. The van der Waals surface area contributed by atoms with Crippen LogP contribution < -0.4 is 14.5 Å². The van der Waals surface area contributed by atoms with Crippen molar-refractivity contribution >= 4 is 33.2 Å². The number of anilines is 2. The van der Waals surface area contributed by atoms with E-state index in [1.807, 2.05) is 47.5 Å². The Bertz CT molecular complexity index is 2210. The van der Waals surface area contributed by atoms with Crippen LogP contribution >= 0.6 is 0 Å². The molecular formula is C40H38N6OPt. The Balaban J connectivity index is 0.00000401. The zero-order chi connectivity index (χ0) is 32.9. The Morgan fingerprint density at radius 1 is 0.750 bits per heavy atom. The van der Waals surface area contributed by atoms with E-state index in [0.29, 0.717) is 11.5 Å². The molecule has 3 heterocycles. The van der Waals surface area contributed by atoms with Gasteiger partial charge in [0, 0.05) is 80.1 Å². The van der Waals surface area contributed by atoms with Gasteiger partial charge in [0.05, 0.1) is 6.20 Å². The fourth-order valence-electron chi connectivity index (χ4n) is 6.08. The van der Waals surface area contributed by atoms with Gasteiger partial charge in [-0.3, -0.25) is 4.68 Å². The number of hydrogen-bond donors (Lipinski definition) is 0. The first-order valence-electron chi connectivity index (χ1n) is 15.7. The fourth-order valence-corrected chi connectivity index (χ4v) is 6.08. The number of rotatable bonds is 7. The molecule has 0 amide bonds.